The maximum Gasteiger partial charge on any atom is 0.344 e. The fourth-order valence-corrected chi connectivity index (χ4v) is 2.39. The number of ether oxygens (including phenoxy) is 3. The Morgan fingerprint density at radius 3 is 2.46 bits per heavy atom. The second-order valence-corrected chi connectivity index (χ2v) is 6.57. The van der Waals surface area contributed by atoms with E-state index in [1.54, 1.807) is 25.1 Å². The van der Waals surface area contributed by atoms with Crippen molar-refractivity contribution in [1.82, 2.24) is 5.32 Å². The summed E-state index contributed by atoms with van der Waals surface area (Å²) in [6.45, 7) is 4.77. The number of amides is 1. The number of carbonyl (C=O) groups excluding carboxylic acids is 3. The molecule has 1 amide bonds. The Hall–Kier alpha value is -2.28. The Labute approximate surface area is 157 Å². The first kappa shape index (κ1) is 21.8. The summed E-state index contributed by atoms with van der Waals surface area (Å²) in [5.74, 6) is -1.15. The summed E-state index contributed by atoms with van der Waals surface area (Å²) in [6, 6.07) is 4.21. The van der Waals surface area contributed by atoms with E-state index in [2.05, 4.69) is 10.1 Å². The van der Waals surface area contributed by atoms with Crippen LogP contribution in [-0.2, 0) is 23.9 Å². The smallest absolute Gasteiger partial charge is 0.344 e. The third-order valence-corrected chi connectivity index (χ3v) is 3.61. The number of carbonyl (C=O) groups is 3. The van der Waals surface area contributed by atoms with Crippen LogP contribution in [0.5, 0.6) is 5.75 Å². The van der Waals surface area contributed by atoms with E-state index in [9.17, 15) is 14.4 Å². The molecule has 1 aromatic rings. The summed E-state index contributed by atoms with van der Waals surface area (Å²) in [4.78, 5) is 35.2. The number of nitrogens with one attached hydrogen (secondary N) is 1. The van der Waals surface area contributed by atoms with Gasteiger partial charge in [0.05, 0.1) is 7.11 Å². The molecule has 0 aliphatic rings. The second-order valence-electron chi connectivity index (χ2n) is 6.13. The van der Waals surface area contributed by atoms with Gasteiger partial charge in [-0.15, -0.1) is 0 Å². The number of hydrogen-bond acceptors (Lipinski definition) is 6. The first-order chi connectivity index (χ1) is 12.2. The van der Waals surface area contributed by atoms with Gasteiger partial charge in [0.2, 0.25) is 0 Å². The lowest BCUT2D eigenvalue weighted by molar-refractivity contribution is -0.151. The van der Waals surface area contributed by atoms with Gasteiger partial charge in [-0.2, -0.15) is 0 Å². The van der Waals surface area contributed by atoms with E-state index in [1.807, 2.05) is 13.8 Å². The Morgan fingerprint density at radius 2 is 1.88 bits per heavy atom. The predicted octanol–water partition coefficient (Wildman–Crippen LogP) is 2.27. The zero-order valence-corrected chi connectivity index (χ0v) is 16.1. The highest BCUT2D eigenvalue weighted by molar-refractivity contribution is 6.30. The van der Waals surface area contributed by atoms with Crippen molar-refractivity contribution in [2.45, 2.75) is 33.2 Å². The maximum absolute atomic E-state index is 11.9. The number of halogens is 1. The van der Waals surface area contributed by atoms with Gasteiger partial charge in [0, 0.05) is 5.02 Å². The molecule has 8 heteroatoms. The minimum Gasteiger partial charge on any atom is -0.482 e. The molecule has 0 saturated carbocycles. The Morgan fingerprint density at radius 1 is 1.19 bits per heavy atom. The number of rotatable bonds is 9. The number of esters is 2. The van der Waals surface area contributed by atoms with Crippen molar-refractivity contribution >= 4 is 29.4 Å². The van der Waals surface area contributed by atoms with Gasteiger partial charge in [-0.05, 0) is 43.0 Å². The zero-order chi connectivity index (χ0) is 19.7. The summed E-state index contributed by atoms with van der Waals surface area (Å²) in [5, 5.41) is 3.06. The average molecular weight is 386 g/mol. The third-order valence-electron chi connectivity index (χ3n) is 3.37. The molecule has 0 radical (unpaired) electrons. The first-order valence-electron chi connectivity index (χ1n) is 8.14. The van der Waals surface area contributed by atoms with Crippen molar-refractivity contribution in [2.75, 3.05) is 20.3 Å². The minimum atomic E-state index is -0.779. The van der Waals surface area contributed by atoms with E-state index in [0.29, 0.717) is 17.2 Å². The van der Waals surface area contributed by atoms with Crippen LogP contribution in [-0.4, -0.2) is 44.2 Å². The Bertz CT molecular complexity index is 647. The summed E-state index contributed by atoms with van der Waals surface area (Å²) in [5.41, 5.74) is 0.776. The molecule has 0 spiro atoms. The molecular weight excluding hydrogens is 362 g/mol. The summed E-state index contributed by atoms with van der Waals surface area (Å²) >= 11 is 5.85. The summed E-state index contributed by atoms with van der Waals surface area (Å²) in [7, 11) is 1.25. The lowest BCUT2D eigenvalue weighted by Gasteiger charge is -2.18. The highest BCUT2D eigenvalue weighted by Gasteiger charge is 2.23. The minimum absolute atomic E-state index is 0.179. The van der Waals surface area contributed by atoms with Crippen molar-refractivity contribution in [1.29, 1.82) is 0 Å². The van der Waals surface area contributed by atoms with E-state index in [-0.39, 0.29) is 12.5 Å². The fraction of sp³-hybridized carbons (Fsp3) is 0.500. The molecule has 0 heterocycles. The molecule has 0 unspecified atom stereocenters. The van der Waals surface area contributed by atoms with E-state index >= 15 is 0 Å². The highest BCUT2D eigenvalue weighted by atomic mass is 35.5. The van der Waals surface area contributed by atoms with Crippen LogP contribution in [0.3, 0.4) is 0 Å². The molecule has 0 bridgehead atoms. The zero-order valence-electron chi connectivity index (χ0n) is 15.3. The monoisotopic (exact) mass is 385 g/mol. The number of hydrogen-bond donors (Lipinski definition) is 1. The number of aryl methyl sites for hydroxylation is 1. The molecule has 1 atom stereocenters. The van der Waals surface area contributed by atoms with Gasteiger partial charge in [-0.25, -0.2) is 9.59 Å². The molecule has 0 aromatic heterocycles. The van der Waals surface area contributed by atoms with Crippen LogP contribution in [0.25, 0.3) is 0 Å². The van der Waals surface area contributed by atoms with Crippen molar-refractivity contribution in [3.63, 3.8) is 0 Å². The van der Waals surface area contributed by atoms with Crippen molar-refractivity contribution in [3.05, 3.63) is 28.8 Å². The fourth-order valence-electron chi connectivity index (χ4n) is 2.16. The van der Waals surface area contributed by atoms with Crippen LogP contribution in [0.15, 0.2) is 18.2 Å². The largest absolute Gasteiger partial charge is 0.482 e. The van der Waals surface area contributed by atoms with Crippen LogP contribution < -0.4 is 10.1 Å². The van der Waals surface area contributed by atoms with Gasteiger partial charge < -0.3 is 19.5 Å². The van der Waals surface area contributed by atoms with Gasteiger partial charge >= 0.3 is 11.9 Å². The van der Waals surface area contributed by atoms with E-state index in [0.717, 1.165) is 5.56 Å². The molecule has 144 valence electrons. The highest BCUT2D eigenvalue weighted by Crippen LogP contribution is 2.21. The van der Waals surface area contributed by atoms with Crippen LogP contribution in [0, 0.1) is 12.8 Å². The van der Waals surface area contributed by atoms with Crippen molar-refractivity contribution < 1.29 is 28.6 Å². The predicted molar refractivity (Wildman–Crippen MR) is 96.0 cm³/mol. The summed E-state index contributed by atoms with van der Waals surface area (Å²) < 4.78 is 14.8. The Balaban J connectivity index is 2.42. The maximum atomic E-state index is 11.9. The molecule has 0 fully saturated rings. The molecule has 0 saturated heterocycles. The molecule has 1 rings (SSSR count). The van der Waals surface area contributed by atoms with Gasteiger partial charge in [0.15, 0.2) is 13.2 Å². The normalized spacial score (nSPS) is 11.6. The lowest BCUT2D eigenvalue weighted by atomic mass is 10.0. The Kier molecular flexibility index (Phi) is 8.92. The van der Waals surface area contributed by atoms with Crippen LogP contribution in [0.1, 0.15) is 25.8 Å². The molecule has 0 aliphatic heterocycles. The molecule has 0 aliphatic carbocycles. The van der Waals surface area contributed by atoms with Crippen molar-refractivity contribution in [2.24, 2.45) is 5.92 Å². The SMILES string of the molecule is COC(=O)[C@H](CC(C)C)NC(=O)COC(=O)COc1ccc(Cl)cc1C. The van der Waals surface area contributed by atoms with E-state index in [4.69, 9.17) is 21.1 Å². The van der Waals surface area contributed by atoms with Crippen LogP contribution >= 0.6 is 11.6 Å². The van der Waals surface area contributed by atoms with Crippen molar-refractivity contribution in [3.8, 4) is 5.75 Å². The van der Waals surface area contributed by atoms with E-state index < -0.39 is 30.5 Å². The summed E-state index contributed by atoms with van der Waals surface area (Å²) in [6.07, 6.45) is 0.422. The molecule has 7 nitrogen and oxygen atoms in total. The van der Waals surface area contributed by atoms with Gasteiger partial charge in [-0.3, -0.25) is 4.79 Å². The topological polar surface area (TPSA) is 90.9 Å². The first-order valence-corrected chi connectivity index (χ1v) is 8.52. The number of methoxy groups -OCH3 is 1. The molecular formula is C18H24ClNO6. The standard InChI is InChI=1S/C18H24ClNO6/c1-11(2)7-14(18(23)24-4)20-16(21)9-26-17(22)10-25-15-6-5-13(19)8-12(15)3/h5-6,8,11,14H,7,9-10H2,1-4H3,(H,20,21)/t14-/m0/s1. The third kappa shape index (κ3) is 7.74. The average Bonchev–Trinajstić information content (AvgIpc) is 2.57. The van der Waals surface area contributed by atoms with Gasteiger partial charge in [-0.1, -0.05) is 25.4 Å². The second kappa shape index (κ2) is 10.7. The van der Waals surface area contributed by atoms with Gasteiger partial charge in [0.25, 0.3) is 5.91 Å². The molecule has 26 heavy (non-hydrogen) atoms. The lowest BCUT2D eigenvalue weighted by Crippen LogP contribution is -2.44. The van der Waals surface area contributed by atoms with Crippen LogP contribution in [0.4, 0.5) is 0 Å². The molecule has 1 N–H and O–H groups in total. The quantitative estimate of drug-likeness (QED) is 0.656. The van der Waals surface area contributed by atoms with E-state index in [1.165, 1.54) is 7.11 Å². The van der Waals surface area contributed by atoms with Crippen LogP contribution in [0.2, 0.25) is 5.02 Å². The van der Waals surface area contributed by atoms with Gasteiger partial charge in [0.1, 0.15) is 11.8 Å². The molecule has 1 aromatic carbocycles. The number of benzene rings is 1.